The Balaban J connectivity index is 2.40. The van der Waals surface area contributed by atoms with Crippen LogP contribution in [-0.4, -0.2) is 38.3 Å². The highest BCUT2D eigenvalue weighted by molar-refractivity contribution is 4.83. The first kappa shape index (κ1) is 10.0. The second-order valence-corrected chi connectivity index (χ2v) is 4.38. The minimum Gasteiger partial charge on any atom is -0.380 e. The maximum absolute atomic E-state index is 5.45. The first-order valence-electron chi connectivity index (χ1n) is 4.84. The molecule has 1 fully saturated rings. The molecule has 0 aromatic rings. The van der Waals surface area contributed by atoms with Gasteiger partial charge in [-0.2, -0.15) is 0 Å². The molecule has 0 saturated carbocycles. The third-order valence-corrected chi connectivity index (χ3v) is 2.64. The van der Waals surface area contributed by atoms with Crippen molar-refractivity contribution in [2.75, 3.05) is 27.2 Å². The fourth-order valence-electron chi connectivity index (χ4n) is 2.15. The van der Waals surface area contributed by atoms with Crippen LogP contribution in [0.3, 0.4) is 0 Å². The molecule has 0 aliphatic carbocycles. The van der Waals surface area contributed by atoms with Gasteiger partial charge in [-0.3, -0.25) is 0 Å². The van der Waals surface area contributed by atoms with Crippen molar-refractivity contribution in [1.82, 2.24) is 4.90 Å². The van der Waals surface area contributed by atoms with Crippen molar-refractivity contribution in [3.63, 3.8) is 0 Å². The van der Waals surface area contributed by atoms with Crippen LogP contribution in [0.2, 0.25) is 0 Å². The van der Waals surface area contributed by atoms with E-state index in [1.807, 2.05) is 7.11 Å². The van der Waals surface area contributed by atoms with E-state index in [-0.39, 0.29) is 0 Å². The molecule has 2 nitrogen and oxygen atoms in total. The molecular formula is C10H21NO. The van der Waals surface area contributed by atoms with Crippen molar-refractivity contribution in [2.24, 2.45) is 11.8 Å². The molecule has 2 atom stereocenters. The third-order valence-electron chi connectivity index (χ3n) is 2.64. The Morgan fingerprint density at radius 2 is 2.08 bits per heavy atom. The number of hydrogen-bond acceptors (Lipinski definition) is 2. The zero-order valence-electron chi connectivity index (χ0n) is 8.71. The highest BCUT2D eigenvalue weighted by Crippen LogP contribution is 2.24. The van der Waals surface area contributed by atoms with E-state index >= 15 is 0 Å². The van der Waals surface area contributed by atoms with Crippen LogP contribution in [0.5, 0.6) is 0 Å². The van der Waals surface area contributed by atoms with E-state index in [1.165, 1.54) is 13.0 Å². The number of likely N-dealkylation sites (tertiary alicyclic amines) is 1. The van der Waals surface area contributed by atoms with Crippen molar-refractivity contribution in [2.45, 2.75) is 26.4 Å². The zero-order valence-corrected chi connectivity index (χ0v) is 8.71. The summed E-state index contributed by atoms with van der Waals surface area (Å²) in [5.41, 5.74) is 0. The van der Waals surface area contributed by atoms with Crippen molar-refractivity contribution in [1.29, 1.82) is 0 Å². The average molecular weight is 171 g/mol. The van der Waals surface area contributed by atoms with Crippen LogP contribution in [0.25, 0.3) is 0 Å². The molecule has 12 heavy (non-hydrogen) atoms. The zero-order chi connectivity index (χ0) is 9.14. The molecule has 1 heterocycles. The number of likely N-dealkylation sites (N-methyl/N-ethyl adjacent to an activating group) is 1. The second kappa shape index (κ2) is 4.24. The molecule has 2 heteroatoms. The molecule has 0 aromatic heterocycles. The first-order valence-corrected chi connectivity index (χ1v) is 4.84. The van der Waals surface area contributed by atoms with Gasteiger partial charge in [0, 0.05) is 20.2 Å². The van der Waals surface area contributed by atoms with Crippen LogP contribution in [0.4, 0.5) is 0 Å². The summed E-state index contributed by atoms with van der Waals surface area (Å²) in [5.74, 6) is 1.54. The van der Waals surface area contributed by atoms with Crippen LogP contribution in [-0.2, 0) is 4.74 Å². The maximum atomic E-state index is 5.45. The molecule has 1 aliphatic rings. The summed E-state index contributed by atoms with van der Waals surface area (Å²) >= 11 is 0. The molecule has 0 bridgehead atoms. The van der Waals surface area contributed by atoms with Gasteiger partial charge in [0.2, 0.25) is 0 Å². The maximum Gasteiger partial charge on any atom is 0.0738 e. The Labute approximate surface area is 75.9 Å². The summed E-state index contributed by atoms with van der Waals surface area (Å²) in [6, 6.07) is 0. The molecular weight excluding hydrogens is 150 g/mol. The highest BCUT2D eigenvalue weighted by Gasteiger charge is 2.30. The molecule has 0 aromatic carbocycles. The molecule has 0 N–H and O–H groups in total. The van der Waals surface area contributed by atoms with Gasteiger partial charge in [-0.15, -0.1) is 0 Å². The van der Waals surface area contributed by atoms with E-state index in [0.29, 0.717) is 6.10 Å². The Morgan fingerprint density at radius 3 is 2.58 bits per heavy atom. The van der Waals surface area contributed by atoms with E-state index in [1.54, 1.807) is 0 Å². The quantitative estimate of drug-likeness (QED) is 0.639. The lowest BCUT2D eigenvalue weighted by Crippen LogP contribution is -2.22. The number of methoxy groups -OCH3 is 1. The third kappa shape index (κ3) is 2.46. The lowest BCUT2D eigenvalue weighted by atomic mass is 9.94. The van der Waals surface area contributed by atoms with Crippen LogP contribution >= 0.6 is 0 Å². The lowest BCUT2D eigenvalue weighted by molar-refractivity contribution is 0.0728. The minimum absolute atomic E-state index is 0.470. The Bertz CT molecular complexity index is 136. The predicted molar refractivity (Wildman–Crippen MR) is 51.2 cm³/mol. The number of ether oxygens (including phenoxy) is 1. The molecule has 0 amide bonds. The standard InChI is InChI=1S/C10H21NO/c1-8(2)5-9-6-11(3)7-10(9)12-4/h8-10H,5-7H2,1-4H3/t9-,10+/m0/s1. The van der Waals surface area contributed by atoms with Crippen molar-refractivity contribution >= 4 is 0 Å². The van der Waals surface area contributed by atoms with Crippen molar-refractivity contribution in [3.05, 3.63) is 0 Å². The topological polar surface area (TPSA) is 12.5 Å². The van der Waals surface area contributed by atoms with Gasteiger partial charge in [0.25, 0.3) is 0 Å². The van der Waals surface area contributed by atoms with Gasteiger partial charge in [-0.05, 0) is 25.3 Å². The van der Waals surface area contributed by atoms with E-state index in [4.69, 9.17) is 4.74 Å². The molecule has 0 unspecified atom stereocenters. The highest BCUT2D eigenvalue weighted by atomic mass is 16.5. The lowest BCUT2D eigenvalue weighted by Gasteiger charge is -2.18. The normalized spacial score (nSPS) is 31.8. The SMILES string of the molecule is CO[C@@H]1CN(C)C[C@@H]1CC(C)C. The number of hydrogen-bond donors (Lipinski definition) is 0. The van der Waals surface area contributed by atoms with Gasteiger partial charge in [0.05, 0.1) is 6.10 Å². The smallest absolute Gasteiger partial charge is 0.0738 e. The number of nitrogens with zero attached hydrogens (tertiary/aromatic N) is 1. The second-order valence-electron chi connectivity index (χ2n) is 4.38. The largest absolute Gasteiger partial charge is 0.380 e. The minimum atomic E-state index is 0.470. The summed E-state index contributed by atoms with van der Waals surface area (Å²) in [6.07, 6.45) is 1.76. The van der Waals surface area contributed by atoms with E-state index in [2.05, 4.69) is 25.8 Å². The van der Waals surface area contributed by atoms with E-state index in [0.717, 1.165) is 18.4 Å². The van der Waals surface area contributed by atoms with Gasteiger partial charge in [0.1, 0.15) is 0 Å². The van der Waals surface area contributed by atoms with Gasteiger partial charge in [0.15, 0.2) is 0 Å². The van der Waals surface area contributed by atoms with Crippen LogP contribution in [0.15, 0.2) is 0 Å². The van der Waals surface area contributed by atoms with Crippen LogP contribution in [0, 0.1) is 11.8 Å². The molecule has 1 rings (SSSR count). The molecule has 0 spiro atoms. The summed E-state index contributed by atoms with van der Waals surface area (Å²) in [6.45, 7) is 6.88. The Morgan fingerprint density at radius 1 is 1.42 bits per heavy atom. The summed E-state index contributed by atoms with van der Waals surface area (Å²) in [7, 11) is 4.00. The summed E-state index contributed by atoms with van der Waals surface area (Å²) in [5, 5.41) is 0. The average Bonchev–Trinajstić information content (AvgIpc) is 2.29. The van der Waals surface area contributed by atoms with Gasteiger partial charge < -0.3 is 9.64 Å². The Hall–Kier alpha value is -0.0800. The fraction of sp³-hybridized carbons (Fsp3) is 1.00. The van der Waals surface area contributed by atoms with E-state index < -0.39 is 0 Å². The number of rotatable bonds is 3. The molecule has 0 radical (unpaired) electrons. The van der Waals surface area contributed by atoms with Crippen molar-refractivity contribution in [3.8, 4) is 0 Å². The summed E-state index contributed by atoms with van der Waals surface area (Å²) in [4.78, 5) is 2.36. The molecule has 72 valence electrons. The van der Waals surface area contributed by atoms with Crippen molar-refractivity contribution < 1.29 is 4.74 Å². The Kier molecular flexibility index (Phi) is 3.53. The molecule has 1 aliphatic heterocycles. The monoisotopic (exact) mass is 171 g/mol. The fourth-order valence-corrected chi connectivity index (χ4v) is 2.15. The summed E-state index contributed by atoms with van der Waals surface area (Å²) < 4.78 is 5.45. The first-order chi connectivity index (χ1) is 5.63. The van der Waals surface area contributed by atoms with Crippen LogP contribution < -0.4 is 0 Å². The van der Waals surface area contributed by atoms with E-state index in [9.17, 15) is 0 Å². The van der Waals surface area contributed by atoms with Gasteiger partial charge in [-0.25, -0.2) is 0 Å². The van der Waals surface area contributed by atoms with Crippen LogP contribution in [0.1, 0.15) is 20.3 Å². The molecule has 1 saturated heterocycles. The predicted octanol–water partition coefficient (Wildman–Crippen LogP) is 1.61. The van der Waals surface area contributed by atoms with Gasteiger partial charge in [-0.1, -0.05) is 13.8 Å². The van der Waals surface area contributed by atoms with Gasteiger partial charge >= 0.3 is 0 Å².